The van der Waals surface area contributed by atoms with Gasteiger partial charge in [-0.25, -0.2) is 0 Å². The highest BCUT2D eigenvalue weighted by molar-refractivity contribution is 14.1. The van der Waals surface area contributed by atoms with Crippen molar-refractivity contribution in [2.45, 2.75) is 12.5 Å². The van der Waals surface area contributed by atoms with E-state index in [4.69, 9.17) is 4.74 Å². The third-order valence-corrected chi connectivity index (χ3v) is 2.79. The van der Waals surface area contributed by atoms with Crippen LogP contribution in [0.15, 0.2) is 30.3 Å². The molecule has 0 aliphatic rings. The Balaban J connectivity index is 2.51. The number of methoxy groups -OCH3 is 1. The normalized spacial score (nSPS) is 12.8. The van der Waals surface area contributed by atoms with E-state index in [9.17, 15) is 0 Å². The predicted octanol–water partition coefficient (Wildman–Crippen LogP) is 2.68. The maximum absolute atomic E-state index is 5.30. The Bertz CT molecular complexity index is 206. The first-order valence-electron chi connectivity index (χ1n) is 3.99. The maximum atomic E-state index is 5.30. The third-order valence-electron chi connectivity index (χ3n) is 1.81. The van der Waals surface area contributed by atoms with E-state index in [2.05, 4.69) is 46.9 Å². The van der Waals surface area contributed by atoms with Crippen molar-refractivity contribution in [2.24, 2.45) is 0 Å². The lowest BCUT2D eigenvalue weighted by molar-refractivity contribution is 0.125. The smallest absolute Gasteiger partial charge is 0.0700 e. The zero-order valence-corrected chi connectivity index (χ0v) is 9.32. The van der Waals surface area contributed by atoms with Crippen LogP contribution in [-0.4, -0.2) is 17.6 Å². The minimum Gasteiger partial charge on any atom is -0.380 e. The second-order valence-electron chi connectivity index (χ2n) is 2.70. The SMILES string of the molecule is COC(CI)Cc1ccccc1. The number of hydrogen-bond acceptors (Lipinski definition) is 1. The summed E-state index contributed by atoms with van der Waals surface area (Å²) in [6, 6.07) is 10.4. The largest absolute Gasteiger partial charge is 0.380 e. The molecule has 1 atom stereocenters. The Labute approximate surface area is 87.3 Å². The summed E-state index contributed by atoms with van der Waals surface area (Å²) in [6.45, 7) is 0. The van der Waals surface area contributed by atoms with Crippen molar-refractivity contribution in [3.8, 4) is 0 Å². The molecule has 2 heteroatoms. The molecule has 0 fully saturated rings. The van der Waals surface area contributed by atoms with Crippen LogP contribution in [0.25, 0.3) is 0 Å². The van der Waals surface area contributed by atoms with Gasteiger partial charge in [0.05, 0.1) is 6.10 Å². The highest BCUT2D eigenvalue weighted by atomic mass is 127. The highest BCUT2D eigenvalue weighted by Gasteiger charge is 2.04. The Morgan fingerprint density at radius 3 is 2.50 bits per heavy atom. The van der Waals surface area contributed by atoms with E-state index in [0.29, 0.717) is 6.10 Å². The second kappa shape index (κ2) is 5.54. The Morgan fingerprint density at radius 2 is 2.00 bits per heavy atom. The first-order valence-corrected chi connectivity index (χ1v) is 5.52. The lowest BCUT2D eigenvalue weighted by Gasteiger charge is -2.11. The molecular weight excluding hydrogens is 263 g/mol. The molecule has 0 aromatic heterocycles. The average Bonchev–Trinajstić information content (AvgIpc) is 2.16. The minimum atomic E-state index is 0.355. The van der Waals surface area contributed by atoms with Gasteiger partial charge in [-0.05, 0) is 12.0 Å². The summed E-state index contributed by atoms with van der Waals surface area (Å²) < 4.78 is 6.34. The molecule has 1 unspecified atom stereocenters. The van der Waals surface area contributed by atoms with Gasteiger partial charge in [0.2, 0.25) is 0 Å². The summed E-state index contributed by atoms with van der Waals surface area (Å²) in [5, 5.41) is 0. The van der Waals surface area contributed by atoms with Crippen LogP contribution in [0.4, 0.5) is 0 Å². The van der Waals surface area contributed by atoms with Gasteiger partial charge in [0.25, 0.3) is 0 Å². The second-order valence-corrected chi connectivity index (χ2v) is 3.58. The van der Waals surface area contributed by atoms with Crippen LogP contribution in [-0.2, 0) is 11.2 Å². The van der Waals surface area contributed by atoms with Crippen LogP contribution in [0.2, 0.25) is 0 Å². The van der Waals surface area contributed by atoms with Gasteiger partial charge in [-0.2, -0.15) is 0 Å². The van der Waals surface area contributed by atoms with Gasteiger partial charge in [-0.15, -0.1) is 0 Å². The van der Waals surface area contributed by atoms with Gasteiger partial charge in [0.15, 0.2) is 0 Å². The van der Waals surface area contributed by atoms with E-state index in [1.807, 2.05) is 6.07 Å². The van der Waals surface area contributed by atoms with E-state index in [1.54, 1.807) is 7.11 Å². The number of rotatable bonds is 4. The van der Waals surface area contributed by atoms with Crippen molar-refractivity contribution in [3.05, 3.63) is 35.9 Å². The van der Waals surface area contributed by atoms with Gasteiger partial charge >= 0.3 is 0 Å². The first kappa shape index (κ1) is 9.99. The number of ether oxygens (including phenoxy) is 1. The van der Waals surface area contributed by atoms with Crippen molar-refractivity contribution in [3.63, 3.8) is 0 Å². The molecule has 0 radical (unpaired) electrons. The zero-order valence-electron chi connectivity index (χ0n) is 7.16. The molecule has 66 valence electrons. The summed E-state index contributed by atoms with van der Waals surface area (Å²) in [6.07, 6.45) is 1.37. The van der Waals surface area contributed by atoms with E-state index >= 15 is 0 Å². The van der Waals surface area contributed by atoms with Crippen LogP contribution in [0.3, 0.4) is 0 Å². The van der Waals surface area contributed by atoms with Crippen LogP contribution in [0.5, 0.6) is 0 Å². The van der Waals surface area contributed by atoms with Crippen molar-refractivity contribution in [1.82, 2.24) is 0 Å². The summed E-state index contributed by atoms with van der Waals surface area (Å²) in [4.78, 5) is 0. The molecule has 12 heavy (non-hydrogen) atoms. The number of alkyl halides is 1. The van der Waals surface area contributed by atoms with Crippen LogP contribution < -0.4 is 0 Å². The average molecular weight is 276 g/mol. The first-order chi connectivity index (χ1) is 5.86. The quantitative estimate of drug-likeness (QED) is 0.607. The van der Waals surface area contributed by atoms with Gasteiger partial charge in [0, 0.05) is 11.5 Å². The molecule has 0 bridgehead atoms. The fourth-order valence-electron chi connectivity index (χ4n) is 1.08. The summed E-state index contributed by atoms with van der Waals surface area (Å²) in [5.74, 6) is 0. The van der Waals surface area contributed by atoms with Crippen molar-refractivity contribution in [2.75, 3.05) is 11.5 Å². The van der Waals surface area contributed by atoms with E-state index < -0.39 is 0 Å². The van der Waals surface area contributed by atoms with Crippen LogP contribution >= 0.6 is 22.6 Å². The fraction of sp³-hybridized carbons (Fsp3) is 0.400. The summed E-state index contributed by atoms with van der Waals surface area (Å²) in [7, 11) is 1.77. The van der Waals surface area contributed by atoms with E-state index in [1.165, 1.54) is 5.56 Å². The molecule has 1 rings (SSSR count). The molecule has 1 aromatic carbocycles. The van der Waals surface area contributed by atoms with Crippen molar-refractivity contribution < 1.29 is 4.74 Å². The molecule has 0 heterocycles. The van der Waals surface area contributed by atoms with E-state index in [0.717, 1.165) is 10.8 Å². The van der Waals surface area contributed by atoms with Crippen LogP contribution in [0.1, 0.15) is 5.56 Å². The molecule has 0 saturated carbocycles. The Morgan fingerprint density at radius 1 is 1.33 bits per heavy atom. The number of hydrogen-bond donors (Lipinski definition) is 0. The lowest BCUT2D eigenvalue weighted by Crippen LogP contribution is -2.15. The molecular formula is C10H13IO. The summed E-state index contributed by atoms with van der Waals surface area (Å²) in [5.41, 5.74) is 1.35. The minimum absolute atomic E-state index is 0.355. The molecule has 0 aliphatic heterocycles. The molecule has 0 N–H and O–H groups in total. The molecule has 0 saturated heterocycles. The third kappa shape index (κ3) is 3.11. The molecule has 0 amide bonds. The van der Waals surface area contributed by atoms with Gasteiger partial charge < -0.3 is 4.74 Å². The van der Waals surface area contributed by atoms with Gasteiger partial charge in [-0.1, -0.05) is 52.9 Å². The summed E-state index contributed by atoms with van der Waals surface area (Å²) >= 11 is 2.35. The Hall–Kier alpha value is -0.0900. The number of benzene rings is 1. The molecule has 1 aromatic rings. The maximum Gasteiger partial charge on any atom is 0.0700 e. The number of halogens is 1. The Kier molecular flexibility index (Phi) is 4.61. The van der Waals surface area contributed by atoms with Crippen LogP contribution in [0, 0.1) is 0 Å². The fourth-order valence-corrected chi connectivity index (χ4v) is 1.75. The van der Waals surface area contributed by atoms with Gasteiger partial charge in [-0.3, -0.25) is 0 Å². The highest BCUT2D eigenvalue weighted by Crippen LogP contribution is 2.07. The zero-order chi connectivity index (χ0) is 8.81. The van der Waals surface area contributed by atoms with Gasteiger partial charge in [0.1, 0.15) is 0 Å². The van der Waals surface area contributed by atoms with Crippen molar-refractivity contribution in [1.29, 1.82) is 0 Å². The topological polar surface area (TPSA) is 9.23 Å². The standard InChI is InChI=1S/C10H13IO/c1-12-10(8-11)7-9-5-3-2-4-6-9/h2-6,10H,7-8H2,1H3. The lowest BCUT2D eigenvalue weighted by atomic mass is 10.1. The molecule has 1 nitrogen and oxygen atoms in total. The molecule has 0 spiro atoms. The predicted molar refractivity (Wildman–Crippen MR) is 59.8 cm³/mol. The van der Waals surface area contributed by atoms with Crippen molar-refractivity contribution >= 4 is 22.6 Å². The van der Waals surface area contributed by atoms with E-state index in [-0.39, 0.29) is 0 Å². The monoisotopic (exact) mass is 276 g/mol. The molecule has 0 aliphatic carbocycles.